The van der Waals surface area contributed by atoms with Gasteiger partial charge in [0.2, 0.25) is 5.91 Å². The van der Waals surface area contributed by atoms with E-state index in [-0.39, 0.29) is 23.9 Å². The number of H-pyrrole nitrogens is 1. The number of hydrogen-bond donors (Lipinski definition) is 4. The first-order valence-corrected chi connectivity index (χ1v) is 8.28. The van der Waals surface area contributed by atoms with Crippen molar-refractivity contribution in [3.05, 3.63) is 24.0 Å². The standard InChI is InChI=1S/C16H25N5O3/c1-3-17-16(24)20-14(22)11(2)21-9-6-12(7-10-21)19-15(23)13-5-4-8-18-13/h4-5,8,11-12,18H,3,6-7,9-10H2,1-2H3,(H,19,23)(H2,17,20,22,24). The van der Waals surface area contributed by atoms with Crippen molar-refractivity contribution in [3.8, 4) is 0 Å². The van der Waals surface area contributed by atoms with Gasteiger partial charge in [-0.25, -0.2) is 4.79 Å². The number of aromatic amines is 1. The van der Waals surface area contributed by atoms with E-state index in [1.54, 1.807) is 32.2 Å². The second-order valence-corrected chi connectivity index (χ2v) is 5.89. The third-order valence-corrected chi connectivity index (χ3v) is 4.21. The average molecular weight is 335 g/mol. The van der Waals surface area contributed by atoms with Crippen molar-refractivity contribution in [2.24, 2.45) is 0 Å². The van der Waals surface area contributed by atoms with Crippen LogP contribution in [0.25, 0.3) is 0 Å². The Morgan fingerprint density at radius 1 is 1.33 bits per heavy atom. The Bertz CT molecular complexity index is 564. The van der Waals surface area contributed by atoms with Gasteiger partial charge in [-0.15, -0.1) is 0 Å². The van der Waals surface area contributed by atoms with Crippen molar-refractivity contribution in [2.45, 2.75) is 38.8 Å². The molecule has 8 heteroatoms. The first kappa shape index (κ1) is 18.0. The van der Waals surface area contributed by atoms with Crippen LogP contribution in [0, 0.1) is 0 Å². The van der Waals surface area contributed by atoms with Crippen LogP contribution < -0.4 is 16.0 Å². The summed E-state index contributed by atoms with van der Waals surface area (Å²) < 4.78 is 0. The molecule has 0 bridgehead atoms. The Morgan fingerprint density at radius 2 is 2.04 bits per heavy atom. The summed E-state index contributed by atoms with van der Waals surface area (Å²) in [6, 6.07) is 2.76. The maximum absolute atomic E-state index is 12.1. The molecule has 24 heavy (non-hydrogen) atoms. The number of amides is 4. The Balaban J connectivity index is 1.76. The van der Waals surface area contributed by atoms with Crippen molar-refractivity contribution >= 4 is 17.8 Å². The van der Waals surface area contributed by atoms with E-state index in [0.717, 1.165) is 12.8 Å². The summed E-state index contributed by atoms with van der Waals surface area (Å²) in [4.78, 5) is 40.4. The highest BCUT2D eigenvalue weighted by molar-refractivity contribution is 5.96. The van der Waals surface area contributed by atoms with E-state index in [4.69, 9.17) is 0 Å². The molecule has 8 nitrogen and oxygen atoms in total. The van der Waals surface area contributed by atoms with Crippen molar-refractivity contribution in [1.82, 2.24) is 25.8 Å². The summed E-state index contributed by atoms with van der Waals surface area (Å²) in [6.45, 7) is 5.44. The highest BCUT2D eigenvalue weighted by atomic mass is 16.2. The molecule has 1 aromatic rings. The molecule has 0 spiro atoms. The Morgan fingerprint density at radius 3 is 2.62 bits per heavy atom. The Labute approximate surface area is 141 Å². The molecule has 1 aliphatic rings. The van der Waals surface area contributed by atoms with Crippen LogP contribution >= 0.6 is 0 Å². The van der Waals surface area contributed by atoms with Crippen molar-refractivity contribution in [1.29, 1.82) is 0 Å². The lowest BCUT2D eigenvalue weighted by Gasteiger charge is -2.35. The van der Waals surface area contributed by atoms with Gasteiger partial charge in [0.25, 0.3) is 5.91 Å². The normalized spacial score (nSPS) is 17.1. The SMILES string of the molecule is CCNC(=O)NC(=O)C(C)N1CCC(NC(=O)c2ccc[nH]2)CC1. The number of piperidine rings is 1. The predicted molar refractivity (Wildman–Crippen MR) is 89.5 cm³/mol. The van der Waals surface area contributed by atoms with Gasteiger partial charge < -0.3 is 15.6 Å². The molecule has 1 unspecified atom stereocenters. The molecule has 4 N–H and O–H groups in total. The van der Waals surface area contributed by atoms with Gasteiger partial charge in [0.15, 0.2) is 0 Å². The van der Waals surface area contributed by atoms with E-state index in [1.165, 1.54) is 0 Å². The summed E-state index contributed by atoms with van der Waals surface area (Å²) in [5, 5.41) is 7.87. The molecule has 1 aromatic heterocycles. The number of likely N-dealkylation sites (tertiary alicyclic amines) is 1. The largest absolute Gasteiger partial charge is 0.357 e. The molecular formula is C16H25N5O3. The molecule has 2 rings (SSSR count). The quantitative estimate of drug-likeness (QED) is 0.626. The summed E-state index contributed by atoms with van der Waals surface area (Å²) in [7, 11) is 0. The van der Waals surface area contributed by atoms with Crippen LogP contribution in [-0.4, -0.2) is 59.4 Å². The number of rotatable bonds is 5. The molecule has 0 aromatic carbocycles. The van der Waals surface area contributed by atoms with Gasteiger partial charge in [-0.1, -0.05) is 0 Å². The van der Waals surface area contributed by atoms with E-state index in [2.05, 4.69) is 20.9 Å². The van der Waals surface area contributed by atoms with Gasteiger partial charge in [0, 0.05) is 31.9 Å². The second kappa shape index (κ2) is 8.49. The number of nitrogens with zero attached hydrogens (tertiary/aromatic N) is 1. The van der Waals surface area contributed by atoms with Gasteiger partial charge in [-0.2, -0.15) is 0 Å². The third-order valence-electron chi connectivity index (χ3n) is 4.21. The number of urea groups is 1. The minimum Gasteiger partial charge on any atom is -0.357 e. The minimum absolute atomic E-state index is 0.0932. The summed E-state index contributed by atoms with van der Waals surface area (Å²) >= 11 is 0. The molecule has 1 fully saturated rings. The lowest BCUT2D eigenvalue weighted by molar-refractivity contribution is -0.125. The van der Waals surface area contributed by atoms with E-state index in [0.29, 0.717) is 25.3 Å². The number of imide groups is 1. The first-order valence-electron chi connectivity index (χ1n) is 8.28. The monoisotopic (exact) mass is 335 g/mol. The fourth-order valence-corrected chi connectivity index (χ4v) is 2.75. The van der Waals surface area contributed by atoms with E-state index in [1.807, 2.05) is 4.90 Å². The lowest BCUT2D eigenvalue weighted by Crippen LogP contribution is -2.53. The molecule has 1 aliphatic heterocycles. The van der Waals surface area contributed by atoms with Crippen LogP contribution in [0.4, 0.5) is 4.79 Å². The Hall–Kier alpha value is -2.35. The van der Waals surface area contributed by atoms with Crippen molar-refractivity contribution in [3.63, 3.8) is 0 Å². The zero-order chi connectivity index (χ0) is 17.5. The molecule has 1 atom stereocenters. The van der Waals surface area contributed by atoms with Crippen LogP contribution in [0.1, 0.15) is 37.2 Å². The van der Waals surface area contributed by atoms with E-state index >= 15 is 0 Å². The molecule has 132 valence electrons. The summed E-state index contributed by atoms with van der Waals surface area (Å²) in [5.41, 5.74) is 0.548. The van der Waals surface area contributed by atoms with Crippen molar-refractivity contribution < 1.29 is 14.4 Å². The molecule has 0 saturated carbocycles. The molecule has 4 amide bonds. The number of hydrogen-bond acceptors (Lipinski definition) is 4. The van der Waals surface area contributed by atoms with Gasteiger partial charge in [-0.05, 0) is 38.8 Å². The Kier molecular flexibility index (Phi) is 6.36. The van der Waals surface area contributed by atoms with Crippen LogP contribution in [-0.2, 0) is 4.79 Å². The molecule has 1 saturated heterocycles. The fraction of sp³-hybridized carbons (Fsp3) is 0.562. The minimum atomic E-state index is -0.470. The van der Waals surface area contributed by atoms with Gasteiger partial charge >= 0.3 is 6.03 Å². The maximum atomic E-state index is 12.1. The zero-order valence-electron chi connectivity index (χ0n) is 14.1. The van der Waals surface area contributed by atoms with E-state index in [9.17, 15) is 14.4 Å². The van der Waals surface area contributed by atoms with Crippen LogP contribution in [0.5, 0.6) is 0 Å². The average Bonchev–Trinajstić information content (AvgIpc) is 3.09. The number of aromatic nitrogens is 1. The van der Waals surface area contributed by atoms with Gasteiger partial charge in [0.05, 0.1) is 6.04 Å². The summed E-state index contributed by atoms with van der Waals surface area (Å²) in [6.07, 6.45) is 3.25. The van der Waals surface area contributed by atoms with Crippen LogP contribution in [0.2, 0.25) is 0 Å². The first-order chi connectivity index (χ1) is 11.5. The zero-order valence-corrected chi connectivity index (χ0v) is 14.1. The highest BCUT2D eigenvalue weighted by Gasteiger charge is 2.28. The number of carbonyl (C=O) groups is 3. The van der Waals surface area contributed by atoms with Gasteiger partial charge in [-0.3, -0.25) is 19.8 Å². The highest BCUT2D eigenvalue weighted by Crippen LogP contribution is 2.14. The topological polar surface area (TPSA) is 106 Å². The second-order valence-electron chi connectivity index (χ2n) is 5.89. The maximum Gasteiger partial charge on any atom is 0.321 e. The number of carbonyl (C=O) groups excluding carboxylic acids is 3. The predicted octanol–water partition coefficient (Wildman–Crippen LogP) is 0.443. The van der Waals surface area contributed by atoms with Crippen LogP contribution in [0.3, 0.4) is 0 Å². The number of nitrogens with one attached hydrogen (secondary N) is 4. The molecular weight excluding hydrogens is 310 g/mol. The fourth-order valence-electron chi connectivity index (χ4n) is 2.75. The molecule has 0 radical (unpaired) electrons. The molecule has 2 heterocycles. The third kappa shape index (κ3) is 4.82. The molecule has 0 aliphatic carbocycles. The van der Waals surface area contributed by atoms with E-state index < -0.39 is 6.03 Å². The van der Waals surface area contributed by atoms with Crippen LogP contribution in [0.15, 0.2) is 18.3 Å². The van der Waals surface area contributed by atoms with Gasteiger partial charge in [0.1, 0.15) is 5.69 Å². The van der Waals surface area contributed by atoms with Crippen molar-refractivity contribution in [2.75, 3.05) is 19.6 Å². The lowest BCUT2D eigenvalue weighted by atomic mass is 10.0. The summed E-state index contributed by atoms with van der Waals surface area (Å²) in [5.74, 6) is -0.421. The smallest absolute Gasteiger partial charge is 0.321 e.